The predicted octanol–water partition coefficient (Wildman–Crippen LogP) is 8.23. The van der Waals surface area contributed by atoms with Crippen LogP contribution in [0.4, 0.5) is 8.78 Å². The molecule has 0 aromatic rings. The van der Waals surface area contributed by atoms with Crippen molar-refractivity contribution in [2.75, 3.05) is 6.61 Å². The Hall–Kier alpha value is -0.863. The number of rotatable bonds is 19. The number of alkyl halides is 2. The van der Waals surface area contributed by atoms with Gasteiger partial charge in [-0.15, -0.1) is 0 Å². The number of unbranched alkanes of at least 4 members (excludes halogenated alkanes) is 5. The van der Waals surface area contributed by atoms with Gasteiger partial charge in [0.05, 0.1) is 12.7 Å². The van der Waals surface area contributed by atoms with Crippen molar-refractivity contribution in [3.63, 3.8) is 0 Å². The zero-order chi connectivity index (χ0) is 29.0. The van der Waals surface area contributed by atoms with Crippen LogP contribution in [0.3, 0.4) is 0 Å². The number of halogens is 2. The van der Waals surface area contributed by atoms with E-state index in [4.69, 9.17) is 9.16 Å². The van der Waals surface area contributed by atoms with Gasteiger partial charge in [0.1, 0.15) is 11.9 Å². The van der Waals surface area contributed by atoms with Gasteiger partial charge in [-0.2, -0.15) is 0 Å². The maximum atomic E-state index is 14.5. The summed E-state index contributed by atoms with van der Waals surface area (Å²) in [6.07, 6.45) is 5.82. The predicted molar refractivity (Wildman–Crippen MR) is 152 cm³/mol. The first kappa shape index (κ1) is 35.2. The number of hydrogen-bond donors (Lipinski definition) is 1. The minimum absolute atomic E-state index is 0.0247. The monoisotopic (exact) mass is 562 g/mol. The Balaban J connectivity index is 2.75. The van der Waals surface area contributed by atoms with Crippen molar-refractivity contribution >= 4 is 20.1 Å². The van der Waals surface area contributed by atoms with E-state index < -0.39 is 20.3 Å². The van der Waals surface area contributed by atoms with Crippen molar-refractivity contribution in [3.05, 3.63) is 0 Å². The first-order valence-corrected chi connectivity index (χ1v) is 18.0. The molecule has 0 amide bonds. The first-order valence-electron chi connectivity index (χ1n) is 15.1. The quantitative estimate of drug-likeness (QED) is 0.0975. The highest BCUT2D eigenvalue weighted by Gasteiger charge is 2.48. The first-order chi connectivity index (χ1) is 17.7. The third kappa shape index (κ3) is 11.7. The van der Waals surface area contributed by atoms with Crippen LogP contribution >= 0.6 is 0 Å². The molecule has 1 unspecified atom stereocenters. The Labute approximate surface area is 231 Å². The summed E-state index contributed by atoms with van der Waals surface area (Å²) in [6, 6.07) is 0. The van der Waals surface area contributed by atoms with Crippen LogP contribution in [0.2, 0.25) is 18.1 Å². The summed E-state index contributed by atoms with van der Waals surface area (Å²) in [5.41, 5.74) is 0. The van der Waals surface area contributed by atoms with E-state index >= 15 is 0 Å². The molecule has 0 radical (unpaired) electrons. The minimum Gasteiger partial charge on any atom is -0.466 e. The molecule has 224 valence electrons. The molecule has 5 nitrogen and oxygen atoms in total. The number of aliphatic hydroxyl groups is 1. The normalized spacial score (nSPS) is 21.6. The van der Waals surface area contributed by atoms with E-state index in [0.717, 1.165) is 38.5 Å². The van der Waals surface area contributed by atoms with Gasteiger partial charge in [0.15, 0.2) is 8.32 Å². The van der Waals surface area contributed by atoms with Crippen LogP contribution in [0, 0.1) is 11.8 Å². The number of carbonyl (C=O) groups excluding carboxylic acids is 2. The van der Waals surface area contributed by atoms with Gasteiger partial charge in [0.2, 0.25) is 0 Å². The molecule has 1 fully saturated rings. The Kier molecular flexibility index (Phi) is 15.2. The molecule has 0 aromatic carbocycles. The van der Waals surface area contributed by atoms with Crippen molar-refractivity contribution in [1.82, 2.24) is 0 Å². The molecule has 0 saturated heterocycles. The summed E-state index contributed by atoms with van der Waals surface area (Å²) in [4.78, 5) is 24.9. The van der Waals surface area contributed by atoms with Gasteiger partial charge in [-0.05, 0) is 62.6 Å². The largest absolute Gasteiger partial charge is 0.466 e. The highest BCUT2D eigenvalue weighted by molar-refractivity contribution is 6.74. The second-order valence-electron chi connectivity index (χ2n) is 12.8. The van der Waals surface area contributed by atoms with Crippen molar-refractivity contribution in [2.24, 2.45) is 11.8 Å². The molecular weight excluding hydrogens is 506 g/mol. The molecule has 0 spiro atoms. The summed E-state index contributed by atoms with van der Waals surface area (Å²) in [5, 5.41) is 10.3. The maximum absolute atomic E-state index is 14.5. The van der Waals surface area contributed by atoms with Crippen molar-refractivity contribution < 1.29 is 32.6 Å². The van der Waals surface area contributed by atoms with Crippen LogP contribution in [-0.4, -0.2) is 49.9 Å². The van der Waals surface area contributed by atoms with Crippen LogP contribution in [-0.2, 0) is 18.8 Å². The fourth-order valence-electron chi connectivity index (χ4n) is 4.98. The van der Waals surface area contributed by atoms with Crippen LogP contribution in [0.25, 0.3) is 0 Å². The van der Waals surface area contributed by atoms with Crippen molar-refractivity contribution in [1.29, 1.82) is 0 Å². The second-order valence-corrected chi connectivity index (χ2v) is 17.6. The molecule has 1 rings (SSSR count). The number of ether oxygens (including phenoxy) is 1. The molecular formula is C30H56F2O5Si. The molecule has 8 heteroatoms. The summed E-state index contributed by atoms with van der Waals surface area (Å²) in [7, 11) is -2.16. The number of hydrogen-bond acceptors (Lipinski definition) is 5. The second kappa shape index (κ2) is 16.4. The molecule has 0 aromatic heterocycles. The molecule has 0 heterocycles. The van der Waals surface area contributed by atoms with E-state index in [1.165, 1.54) is 0 Å². The lowest BCUT2D eigenvalue weighted by molar-refractivity contribution is -0.143. The van der Waals surface area contributed by atoms with Gasteiger partial charge in [-0.1, -0.05) is 66.7 Å². The Bertz CT molecular complexity index is 707. The fraction of sp³-hybridized carbons (Fsp3) is 0.933. The Morgan fingerprint density at radius 1 is 1.03 bits per heavy atom. The van der Waals surface area contributed by atoms with Crippen LogP contribution < -0.4 is 0 Å². The Morgan fingerprint density at radius 2 is 1.66 bits per heavy atom. The van der Waals surface area contributed by atoms with E-state index in [2.05, 4.69) is 40.8 Å². The summed E-state index contributed by atoms with van der Waals surface area (Å²) in [6.45, 7) is 15.2. The van der Waals surface area contributed by atoms with Gasteiger partial charge < -0.3 is 14.3 Å². The molecule has 4 atom stereocenters. The number of Topliss-reactive ketones (excluding diaryl/α,β-unsaturated/α-hetero) is 1. The van der Waals surface area contributed by atoms with E-state index in [9.17, 15) is 23.5 Å². The average molecular weight is 563 g/mol. The lowest BCUT2D eigenvalue weighted by Crippen LogP contribution is -2.45. The van der Waals surface area contributed by atoms with Crippen LogP contribution in [0.15, 0.2) is 0 Å². The maximum Gasteiger partial charge on any atom is 0.305 e. The smallest absolute Gasteiger partial charge is 0.305 e. The zero-order valence-electron chi connectivity index (χ0n) is 25.3. The third-order valence-corrected chi connectivity index (χ3v) is 13.1. The number of carbonyl (C=O) groups is 2. The SMILES string of the molecule is CCCCOC(=O)CCCCCC[C@H]1C(=O)C[C@@H](O[Si](C)(C)C(C)(C)C)[C@@H]1CCC(O)C(F)(F)CCCC. The van der Waals surface area contributed by atoms with E-state index in [1.807, 2.05) is 6.92 Å². The fourth-order valence-corrected chi connectivity index (χ4v) is 6.34. The lowest BCUT2D eigenvalue weighted by atomic mass is 9.84. The Morgan fingerprint density at radius 3 is 2.26 bits per heavy atom. The van der Waals surface area contributed by atoms with Gasteiger partial charge in [-0.25, -0.2) is 8.78 Å². The number of esters is 1. The van der Waals surface area contributed by atoms with Gasteiger partial charge >= 0.3 is 5.97 Å². The van der Waals surface area contributed by atoms with Gasteiger partial charge in [-0.3, -0.25) is 9.59 Å². The average Bonchev–Trinajstić information content (AvgIpc) is 3.10. The topological polar surface area (TPSA) is 72.8 Å². The number of aliphatic hydroxyl groups excluding tert-OH is 1. The molecule has 0 aliphatic heterocycles. The highest BCUT2D eigenvalue weighted by atomic mass is 28.4. The standard InChI is InChI=1S/C30H56F2O5Si/c1-8-10-20-30(31,32)27(34)19-18-24-23(16-14-12-13-15-17-28(35)36-21-11-9-2)25(33)22-26(24)37-38(6,7)29(3,4)5/h23-24,26-27,34H,8-22H2,1-7H3/t23-,24-,26-,27?/m1/s1. The van der Waals surface area contributed by atoms with Crippen molar-refractivity contribution in [2.45, 2.75) is 161 Å². The summed E-state index contributed by atoms with van der Waals surface area (Å²) >= 11 is 0. The number of ketones is 1. The zero-order valence-corrected chi connectivity index (χ0v) is 26.3. The molecule has 38 heavy (non-hydrogen) atoms. The molecule has 1 aliphatic carbocycles. The minimum atomic E-state index is -3.11. The van der Waals surface area contributed by atoms with Crippen LogP contribution in [0.5, 0.6) is 0 Å². The third-order valence-electron chi connectivity index (χ3n) is 8.59. The van der Waals surface area contributed by atoms with E-state index in [-0.39, 0.29) is 47.6 Å². The van der Waals surface area contributed by atoms with E-state index in [0.29, 0.717) is 45.1 Å². The van der Waals surface area contributed by atoms with Crippen LogP contribution in [0.1, 0.15) is 125 Å². The van der Waals surface area contributed by atoms with Crippen molar-refractivity contribution in [3.8, 4) is 0 Å². The van der Waals surface area contributed by atoms with E-state index in [1.54, 1.807) is 0 Å². The van der Waals surface area contributed by atoms with Gasteiger partial charge in [0.25, 0.3) is 5.92 Å². The molecule has 1 aliphatic rings. The molecule has 0 bridgehead atoms. The highest BCUT2D eigenvalue weighted by Crippen LogP contribution is 2.44. The summed E-state index contributed by atoms with van der Waals surface area (Å²) in [5.74, 6) is -3.47. The molecule has 1 N–H and O–H groups in total. The summed E-state index contributed by atoms with van der Waals surface area (Å²) < 4.78 is 40.8. The lowest BCUT2D eigenvalue weighted by Gasteiger charge is -2.40. The van der Waals surface area contributed by atoms with Gasteiger partial charge in [0, 0.05) is 25.2 Å². The molecule has 1 saturated carbocycles.